The number of halogens is 2. The third kappa shape index (κ3) is 3.74. The number of hydrogen-bond donors (Lipinski definition) is 1. The second-order valence-corrected chi connectivity index (χ2v) is 5.45. The van der Waals surface area contributed by atoms with Crippen LogP contribution < -0.4 is 14.8 Å². The van der Waals surface area contributed by atoms with Crippen molar-refractivity contribution in [2.75, 3.05) is 19.5 Å². The zero-order valence-electron chi connectivity index (χ0n) is 12.1. The van der Waals surface area contributed by atoms with E-state index in [9.17, 15) is 0 Å². The summed E-state index contributed by atoms with van der Waals surface area (Å²) < 4.78 is 10.5. The first-order valence-electron chi connectivity index (χ1n) is 6.48. The average molecular weight is 326 g/mol. The highest BCUT2D eigenvalue weighted by Crippen LogP contribution is 2.37. The molecule has 3 nitrogen and oxygen atoms in total. The summed E-state index contributed by atoms with van der Waals surface area (Å²) in [6.07, 6.45) is 0. The van der Waals surface area contributed by atoms with E-state index >= 15 is 0 Å². The van der Waals surface area contributed by atoms with Crippen LogP contribution in [0, 0.1) is 0 Å². The lowest BCUT2D eigenvalue weighted by Gasteiger charge is -2.18. The Morgan fingerprint density at radius 3 is 2.29 bits per heavy atom. The van der Waals surface area contributed by atoms with Gasteiger partial charge >= 0.3 is 0 Å². The van der Waals surface area contributed by atoms with Crippen LogP contribution in [-0.2, 0) is 0 Å². The minimum atomic E-state index is 0.0549. The smallest absolute Gasteiger partial charge is 0.162 e. The van der Waals surface area contributed by atoms with Gasteiger partial charge in [0.2, 0.25) is 0 Å². The molecular formula is C16H17Cl2NO2. The van der Waals surface area contributed by atoms with Gasteiger partial charge in [-0.2, -0.15) is 0 Å². The van der Waals surface area contributed by atoms with Crippen molar-refractivity contribution in [3.63, 3.8) is 0 Å². The minimum absolute atomic E-state index is 0.0549. The molecule has 2 rings (SSSR count). The van der Waals surface area contributed by atoms with Crippen LogP contribution in [0.5, 0.6) is 11.5 Å². The molecule has 0 bridgehead atoms. The SMILES string of the molecule is COc1cc(Cl)c(NC(C)c2cccc(Cl)c2)cc1OC. The Morgan fingerprint density at radius 2 is 1.67 bits per heavy atom. The zero-order chi connectivity index (χ0) is 15.4. The third-order valence-corrected chi connectivity index (χ3v) is 3.74. The molecule has 2 aromatic carbocycles. The van der Waals surface area contributed by atoms with Gasteiger partial charge < -0.3 is 14.8 Å². The Kier molecular flexibility index (Phi) is 5.21. The molecule has 21 heavy (non-hydrogen) atoms. The molecule has 0 aliphatic rings. The molecule has 2 aromatic rings. The van der Waals surface area contributed by atoms with Crippen LogP contribution in [0.15, 0.2) is 36.4 Å². The maximum absolute atomic E-state index is 6.28. The van der Waals surface area contributed by atoms with Crippen molar-refractivity contribution in [3.05, 3.63) is 52.0 Å². The summed E-state index contributed by atoms with van der Waals surface area (Å²) in [5.41, 5.74) is 1.86. The molecular weight excluding hydrogens is 309 g/mol. The summed E-state index contributed by atoms with van der Waals surface area (Å²) in [5.74, 6) is 1.23. The number of methoxy groups -OCH3 is 2. The molecule has 0 saturated heterocycles. The average Bonchev–Trinajstić information content (AvgIpc) is 2.48. The van der Waals surface area contributed by atoms with E-state index in [0.29, 0.717) is 21.5 Å². The molecule has 0 amide bonds. The molecule has 0 aliphatic carbocycles. The lowest BCUT2D eigenvalue weighted by atomic mass is 10.1. The summed E-state index contributed by atoms with van der Waals surface area (Å²) in [6, 6.07) is 11.3. The van der Waals surface area contributed by atoms with Crippen LogP contribution in [0.3, 0.4) is 0 Å². The van der Waals surface area contributed by atoms with Gasteiger partial charge in [0.1, 0.15) is 0 Å². The fourth-order valence-corrected chi connectivity index (χ4v) is 2.46. The Morgan fingerprint density at radius 1 is 1.00 bits per heavy atom. The number of benzene rings is 2. The summed E-state index contributed by atoms with van der Waals surface area (Å²) in [7, 11) is 3.17. The van der Waals surface area contributed by atoms with Crippen LogP contribution in [0.2, 0.25) is 10.0 Å². The first kappa shape index (κ1) is 15.8. The van der Waals surface area contributed by atoms with Crippen molar-refractivity contribution in [1.82, 2.24) is 0 Å². The molecule has 5 heteroatoms. The molecule has 1 N–H and O–H groups in total. The molecule has 0 heterocycles. The standard InChI is InChI=1S/C16H17Cl2NO2/c1-10(11-5-4-6-12(17)7-11)19-14-9-16(21-3)15(20-2)8-13(14)18/h4-10,19H,1-3H3. The number of rotatable bonds is 5. The minimum Gasteiger partial charge on any atom is -0.493 e. The second kappa shape index (κ2) is 6.92. The fourth-order valence-electron chi connectivity index (χ4n) is 2.06. The lowest BCUT2D eigenvalue weighted by Crippen LogP contribution is -2.07. The Balaban J connectivity index is 2.26. The zero-order valence-corrected chi connectivity index (χ0v) is 13.6. The van der Waals surface area contributed by atoms with Crippen molar-refractivity contribution in [3.8, 4) is 11.5 Å². The number of anilines is 1. The molecule has 0 saturated carbocycles. The van der Waals surface area contributed by atoms with Crippen LogP contribution in [0.1, 0.15) is 18.5 Å². The molecule has 112 valence electrons. The molecule has 1 atom stereocenters. The quantitative estimate of drug-likeness (QED) is 0.821. The summed E-state index contributed by atoms with van der Waals surface area (Å²) in [5, 5.41) is 4.63. The van der Waals surface area contributed by atoms with Gasteiger partial charge in [0.25, 0.3) is 0 Å². The van der Waals surface area contributed by atoms with Crippen LogP contribution in [0.25, 0.3) is 0 Å². The molecule has 0 aromatic heterocycles. The van der Waals surface area contributed by atoms with Gasteiger partial charge in [-0.05, 0) is 24.6 Å². The van der Waals surface area contributed by atoms with Gasteiger partial charge in [0.05, 0.1) is 24.9 Å². The Hall–Kier alpha value is -1.58. The van der Waals surface area contributed by atoms with E-state index in [4.69, 9.17) is 32.7 Å². The summed E-state index contributed by atoms with van der Waals surface area (Å²) in [6.45, 7) is 2.04. The van der Waals surface area contributed by atoms with E-state index in [1.54, 1.807) is 20.3 Å². The van der Waals surface area contributed by atoms with Crippen molar-refractivity contribution < 1.29 is 9.47 Å². The molecule has 0 spiro atoms. The van der Waals surface area contributed by atoms with Crippen LogP contribution >= 0.6 is 23.2 Å². The predicted molar refractivity (Wildman–Crippen MR) is 88.0 cm³/mol. The van der Waals surface area contributed by atoms with E-state index in [1.807, 2.05) is 37.3 Å². The van der Waals surface area contributed by atoms with Gasteiger partial charge in [-0.25, -0.2) is 0 Å². The van der Waals surface area contributed by atoms with Crippen molar-refractivity contribution in [2.24, 2.45) is 0 Å². The first-order chi connectivity index (χ1) is 10.0. The lowest BCUT2D eigenvalue weighted by molar-refractivity contribution is 0.355. The molecule has 1 unspecified atom stereocenters. The van der Waals surface area contributed by atoms with Gasteiger partial charge in [-0.1, -0.05) is 35.3 Å². The monoisotopic (exact) mass is 325 g/mol. The largest absolute Gasteiger partial charge is 0.493 e. The van der Waals surface area contributed by atoms with Crippen molar-refractivity contribution in [2.45, 2.75) is 13.0 Å². The number of nitrogens with one attached hydrogen (secondary N) is 1. The van der Waals surface area contributed by atoms with E-state index < -0.39 is 0 Å². The normalized spacial score (nSPS) is 11.9. The molecule has 0 aliphatic heterocycles. The number of hydrogen-bond acceptors (Lipinski definition) is 3. The van der Waals surface area contributed by atoms with Gasteiger partial charge in [0, 0.05) is 23.2 Å². The van der Waals surface area contributed by atoms with E-state index in [2.05, 4.69) is 5.32 Å². The van der Waals surface area contributed by atoms with E-state index in [1.165, 1.54) is 0 Å². The highest BCUT2D eigenvalue weighted by atomic mass is 35.5. The predicted octanol–water partition coefficient (Wildman–Crippen LogP) is 5.18. The van der Waals surface area contributed by atoms with Gasteiger partial charge in [0.15, 0.2) is 11.5 Å². The maximum Gasteiger partial charge on any atom is 0.162 e. The Labute approximate surface area is 134 Å². The van der Waals surface area contributed by atoms with Crippen molar-refractivity contribution in [1.29, 1.82) is 0 Å². The molecule has 0 fully saturated rings. The highest BCUT2D eigenvalue weighted by molar-refractivity contribution is 6.33. The topological polar surface area (TPSA) is 30.5 Å². The van der Waals surface area contributed by atoms with Crippen LogP contribution in [-0.4, -0.2) is 14.2 Å². The third-order valence-electron chi connectivity index (χ3n) is 3.19. The molecule has 0 radical (unpaired) electrons. The number of ether oxygens (including phenoxy) is 2. The van der Waals surface area contributed by atoms with E-state index in [0.717, 1.165) is 11.3 Å². The van der Waals surface area contributed by atoms with Gasteiger partial charge in [-0.15, -0.1) is 0 Å². The highest BCUT2D eigenvalue weighted by Gasteiger charge is 2.13. The van der Waals surface area contributed by atoms with Crippen molar-refractivity contribution >= 4 is 28.9 Å². The maximum atomic E-state index is 6.28. The summed E-state index contributed by atoms with van der Waals surface area (Å²) >= 11 is 12.3. The van der Waals surface area contributed by atoms with Crippen LogP contribution in [0.4, 0.5) is 5.69 Å². The Bertz CT molecular complexity index is 632. The van der Waals surface area contributed by atoms with E-state index in [-0.39, 0.29) is 6.04 Å². The van der Waals surface area contributed by atoms with Gasteiger partial charge in [-0.3, -0.25) is 0 Å². The fraction of sp³-hybridized carbons (Fsp3) is 0.250. The first-order valence-corrected chi connectivity index (χ1v) is 7.24. The second-order valence-electron chi connectivity index (χ2n) is 4.61. The summed E-state index contributed by atoms with van der Waals surface area (Å²) in [4.78, 5) is 0.